The molecule has 1 saturated carbocycles. The predicted octanol–water partition coefficient (Wildman–Crippen LogP) is 4.92. The van der Waals surface area contributed by atoms with E-state index in [-0.39, 0.29) is 23.6 Å². The van der Waals surface area contributed by atoms with Crippen molar-refractivity contribution in [2.24, 2.45) is 0 Å². The minimum atomic E-state index is -0.113. The fourth-order valence-electron chi connectivity index (χ4n) is 4.19. The van der Waals surface area contributed by atoms with Crippen LogP contribution in [0.1, 0.15) is 66.3 Å². The minimum absolute atomic E-state index is 0.0180. The van der Waals surface area contributed by atoms with Crippen LogP contribution in [0.3, 0.4) is 0 Å². The number of pyridine rings is 1. The second-order valence-corrected chi connectivity index (χ2v) is 7.61. The van der Waals surface area contributed by atoms with Gasteiger partial charge in [-0.3, -0.25) is 9.59 Å². The number of nitrogens with zero attached hydrogens (tertiary/aromatic N) is 1. The maximum atomic E-state index is 13.4. The summed E-state index contributed by atoms with van der Waals surface area (Å²) in [6.45, 7) is 3.97. The molecule has 1 aromatic heterocycles. The summed E-state index contributed by atoms with van der Waals surface area (Å²) in [4.78, 5) is 26.5. The van der Waals surface area contributed by atoms with Gasteiger partial charge in [-0.1, -0.05) is 55.5 Å². The third kappa shape index (κ3) is 3.13. The van der Waals surface area contributed by atoms with E-state index in [0.717, 1.165) is 42.3 Å². The van der Waals surface area contributed by atoms with E-state index in [4.69, 9.17) is 0 Å². The number of carbonyl (C=O) groups is 1. The lowest BCUT2D eigenvalue weighted by Crippen LogP contribution is -2.35. The van der Waals surface area contributed by atoms with Crippen LogP contribution in [0.5, 0.6) is 0 Å². The number of rotatable bonds is 5. The monoisotopic (exact) mass is 374 g/mol. The van der Waals surface area contributed by atoms with Crippen molar-refractivity contribution in [1.29, 1.82) is 0 Å². The first-order chi connectivity index (χ1) is 13.6. The first kappa shape index (κ1) is 18.5. The van der Waals surface area contributed by atoms with E-state index < -0.39 is 0 Å². The van der Waals surface area contributed by atoms with Crippen molar-refractivity contribution in [1.82, 2.24) is 9.88 Å². The average Bonchev–Trinajstić information content (AvgIpc) is 2.68. The Morgan fingerprint density at radius 3 is 2.32 bits per heavy atom. The van der Waals surface area contributed by atoms with Crippen LogP contribution in [0.15, 0.2) is 59.4 Å². The van der Waals surface area contributed by atoms with Crippen LogP contribution in [-0.4, -0.2) is 10.5 Å². The van der Waals surface area contributed by atoms with E-state index in [0.29, 0.717) is 10.9 Å². The maximum absolute atomic E-state index is 13.4. The van der Waals surface area contributed by atoms with Crippen molar-refractivity contribution in [3.63, 3.8) is 0 Å². The summed E-state index contributed by atoms with van der Waals surface area (Å²) in [6.07, 6.45) is 3.94. The third-order valence-corrected chi connectivity index (χ3v) is 5.95. The topological polar surface area (TPSA) is 51.1 Å². The molecular weight excluding hydrogens is 348 g/mol. The lowest BCUT2D eigenvalue weighted by molar-refractivity contribution is 0.0935. The summed E-state index contributed by atoms with van der Waals surface area (Å²) < 4.78 is 1.85. The largest absolute Gasteiger partial charge is 0.345 e. The molecule has 1 aliphatic carbocycles. The fraction of sp³-hybridized carbons (Fsp3) is 0.333. The molecule has 0 saturated heterocycles. The van der Waals surface area contributed by atoms with Crippen molar-refractivity contribution < 1.29 is 4.79 Å². The Morgan fingerprint density at radius 2 is 1.71 bits per heavy atom. The van der Waals surface area contributed by atoms with Crippen LogP contribution in [0.2, 0.25) is 0 Å². The fourth-order valence-corrected chi connectivity index (χ4v) is 4.19. The van der Waals surface area contributed by atoms with Gasteiger partial charge in [-0.15, -0.1) is 0 Å². The number of aromatic nitrogens is 1. The summed E-state index contributed by atoms with van der Waals surface area (Å²) >= 11 is 0. The molecule has 1 aliphatic rings. The zero-order valence-electron chi connectivity index (χ0n) is 16.4. The van der Waals surface area contributed by atoms with Crippen molar-refractivity contribution >= 4 is 16.7 Å². The lowest BCUT2D eigenvalue weighted by Gasteiger charge is -2.31. The van der Waals surface area contributed by atoms with Crippen molar-refractivity contribution in [2.45, 2.75) is 51.6 Å². The summed E-state index contributed by atoms with van der Waals surface area (Å²) in [5.74, 6) is -0.113. The molecule has 4 rings (SSSR count). The van der Waals surface area contributed by atoms with Gasteiger partial charge in [0.25, 0.3) is 11.5 Å². The van der Waals surface area contributed by atoms with E-state index in [2.05, 4.69) is 12.2 Å². The summed E-state index contributed by atoms with van der Waals surface area (Å²) in [5, 5.41) is 4.56. The average molecular weight is 374 g/mol. The molecule has 1 N–H and O–H groups in total. The second-order valence-electron chi connectivity index (χ2n) is 7.61. The van der Waals surface area contributed by atoms with E-state index >= 15 is 0 Å². The highest BCUT2D eigenvalue weighted by atomic mass is 16.2. The standard InChI is InChI=1S/C24H26N2O2/c1-3-21(17-10-5-4-6-11-17)25-23(27)22-16(2)26(18-12-9-13-18)24(28)20-15-8-7-14-19(20)22/h4-8,10-11,14-15,18,21H,3,9,12-13H2,1-2H3,(H,25,27). The summed E-state index contributed by atoms with van der Waals surface area (Å²) in [6, 6.07) is 17.6. The van der Waals surface area contributed by atoms with E-state index in [1.807, 2.05) is 66.1 Å². The minimum Gasteiger partial charge on any atom is -0.345 e. The molecule has 3 aromatic rings. The molecule has 0 bridgehead atoms. The molecule has 28 heavy (non-hydrogen) atoms. The summed E-state index contributed by atoms with van der Waals surface area (Å²) in [7, 11) is 0. The molecule has 1 atom stereocenters. The summed E-state index contributed by atoms with van der Waals surface area (Å²) in [5.41, 5.74) is 2.50. The second kappa shape index (κ2) is 7.63. The molecule has 1 unspecified atom stereocenters. The molecule has 144 valence electrons. The van der Waals surface area contributed by atoms with Gasteiger partial charge in [0.1, 0.15) is 0 Å². The number of nitrogens with one attached hydrogen (secondary N) is 1. The first-order valence-corrected chi connectivity index (χ1v) is 10.1. The van der Waals surface area contributed by atoms with E-state index in [9.17, 15) is 9.59 Å². The Balaban J connectivity index is 1.81. The molecule has 2 aromatic carbocycles. The molecule has 1 heterocycles. The number of fused-ring (bicyclic) bond motifs is 1. The molecule has 1 amide bonds. The van der Waals surface area contributed by atoms with E-state index in [1.165, 1.54) is 0 Å². The lowest BCUT2D eigenvalue weighted by atomic mass is 9.91. The van der Waals surface area contributed by atoms with Crippen molar-refractivity contribution in [3.8, 4) is 0 Å². The van der Waals surface area contributed by atoms with Gasteiger partial charge in [0.05, 0.1) is 11.6 Å². The third-order valence-electron chi connectivity index (χ3n) is 5.95. The zero-order chi connectivity index (χ0) is 19.7. The Kier molecular flexibility index (Phi) is 5.03. The Labute approximate surface area is 165 Å². The highest BCUT2D eigenvalue weighted by Gasteiger charge is 2.27. The van der Waals surface area contributed by atoms with Crippen LogP contribution in [0.4, 0.5) is 0 Å². The molecule has 4 nitrogen and oxygen atoms in total. The van der Waals surface area contributed by atoms with Crippen molar-refractivity contribution in [3.05, 3.63) is 81.8 Å². The molecular formula is C24H26N2O2. The van der Waals surface area contributed by atoms with Gasteiger partial charge in [0.15, 0.2) is 0 Å². The number of hydrogen-bond acceptors (Lipinski definition) is 2. The SMILES string of the molecule is CCC(NC(=O)c1c(C)n(C2CCC2)c(=O)c2ccccc12)c1ccccc1. The van der Waals surface area contributed by atoms with E-state index in [1.54, 1.807) is 0 Å². The molecule has 1 fully saturated rings. The number of carbonyl (C=O) groups excluding carboxylic acids is 1. The van der Waals surface area contributed by atoms with Gasteiger partial charge < -0.3 is 9.88 Å². The Morgan fingerprint density at radius 1 is 1.07 bits per heavy atom. The van der Waals surface area contributed by atoms with Crippen LogP contribution >= 0.6 is 0 Å². The normalized spacial score (nSPS) is 15.2. The van der Waals surface area contributed by atoms with Gasteiger partial charge in [0.2, 0.25) is 0 Å². The van der Waals surface area contributed by atoms with Gasteiger partial charge in [0, 0.05) is 22.5 Å². The smallest absolute Gasteiger partial charge is 0.258 e. The van der Waals surface area contributed by atoms with Gasteiger partial charge in [-0.25, -0.2) is 0 Å². The number of hydrogen-bond donors (Lipinski definition) is 1. The maximum Gasteiger partial charge on any atom is 0.258 e. The zero-order valence-corrected chi connectivity index (χ0v) is 16.4. The molecule has 0 spiro atoms. The highest BCUT2D eigenvalue weighted by Crippen LogP contribution is 2.33. The first-order valence-electron chi connectivity index (χ1n) is 10.1. The Hall–Kier alpha value is -2.88. The van der Waals surface area contributed by atoms with Crippen LogP contribution in [0.25, 0.3) is 10.8 Å². The molecule has 0 aliphatic heterocycles. The van der Waals surface area contributed by atoms with Gasteiger partial charge >= 0.3 is 0 Å². The highest BCUT2D eigenvalue weighted by molar-refractivity contribution is 6.07. The van der Waals surface area contributed by atoms with Crippen LogP contribution in [0, 0.1) is 6.92 Å². The van der Waals surface area contributed by atoms with Crippen molar-refractivity contribution in [2.75, 3.05) is 0 Å². The van der Waals surface area contributed by atoms with Crippen LogP contribution in [-0.2, 0) is 0 Å². The predicted molar refractivity (Wildman–Crippen MR) is 113 cm³/mol. The quantitative estimate of drug-likeness (QED) is 0.689. The van der Waals surface area contributed by atoms with Gasteiger partial charge in [-0.05, 0) is 44.2 Å². The molecule has 0 radical (unpaired) electrons. The number of benzene rings is 2. The van der Waals surface area contributed by atoms with Gasteiger partial charge in [-0.2, -0.15) is 0 Å². The molecule has 4 heteroatoms. The van der Waals surface area contributed by atoms with Crippen LogP contribution < -0.4 is 10.9 Å². The Bertz CT molecular complexity index is 1070. The number of amides is 1.